The second-order valence-corrected chi connectivity index (χ2v) is 3.82. The van der Waals surface area contributed by atoms with Gasteiger partial charge in [0.05, 0.1) is 6.61 Å². The Kier molecular flexibility index (Phi) is 4.93. The molecular weight excluding hydrogens is 200 g/mol. The number of ketones is 1. The number of hydrogen-bond donors (Lipinski definition) is 0. The summed E-state index contributed by atoms with van der Waals surface area (Å²) in [7, 11) is 0. The van der Waals surface area contributed by atoms with E-state index in [1.54, 1.807) is 6.92 Å². The summed E-state index contributed by atoms with van der Waals surface area (Å²) in [5.74, 6) is 0.0477. The summed E-state index contributed by atoms with van der Waals surface area (Å²) < 4.78 is 5.62. The fourth-order valence-electron chi connectivity index (χ4n) is 1.47. The molecule has 16 heavy (non-hydrogen) atoms. The first-order valence-corrected chi connectivity index (χ1v) is 5.44. The second kappa shape index (κ2) is 6.23. The molecule has 0 heterocycles. The van der Waals surface area contributed by atoms with Gasteiger partial charge in [-0.2, -0.15) is 0 Å². The van der Waals surface area contributed by atoms with Gasteiger partial charge in [-0.25, -0.2) is 0 Å². The smallest absolute Gasteiger partial charge is 0.162 e. The largest absolute Gasteiger partial charge is 0.361 e. The Morgan fingerprint density at radius 2 is 1.94 bits per heavy atom. The van der Waals surface area contributed by atoms with E-state index in [1.807, 2.05) is 50.3 Å². The third kappa shape index (κ3) is 3.63. The van der Waals surface area contributed by atoms with Gasteiger partial charge in [-0.05, 0) is 31.9 Å². The van der Waals surface area contributed by atoms with Crippen LogP contribution in [0, 0.1) is 0 Å². The van der Waals surface area contributed by atoms with Crippen LogP contribution in [-0.4, -0.2) is 11.9 Å². The minimum Gasteiger partial charge on any atom is -0.361 e. The molecule has 0 aliphatic carbocycles. The van der Waals surface area contributed by atoms with Gasteiger partial charge in [0, 0.05) is 0 Å². The Morgan fingerprint density at radius 3 is 2.44 bits per heavy atom. The summed E-state index contributed by atoms with van der Waals surface area (Å²) in [5, 5.41) is 0. The zero-order chi connectivity index (χ0) is 12.0. The maximum atomic E-state index is 11.4. The minimum absolute atomic E-state index is 0.0477. The van der Waals surface area contributed by atoms with Crippen molar-refractivity contribution < 1.29 is 9.53 Å². The van der Waals surface area contributed by atoms with Gasteiger partial charge >= 0.3 is 0 Å². The molecule has 0 N–H and O–H groups in total. The van der Waals surface area contributed by atoms with E-state index in [2.05, 4.69) is 0 Å². The molecule has 1 aromatic rings. The van der Waals surface area contributed by atoms with Gasteiger partial charge < -0.3 is 4.74 Å². The van der Waals surface area contributed by atoms with Gasteiger partial charge in [0.2, 0.25) is 0 Å². The third-order valence-corrected chi connectivity index (χ3v) is 2.50. The van der Waals surface area contributed by atoms with Crippen LogP contribution in [0.3, 0.4) is 0 Å². The summed E-state index contributed by atoms with van der Waals surface area (Å²) in [6.45, 7) is 5.85. The predicted molar refractivity (Wildman–Crippen MR) is 65.1 cm³/mol. The Balaban J connectivity index is 2.61. The zero-order valence-electron chi connectivity index (χ0n) is 10.1. The topological polar surface area (TPSA) is 26.3 Å². The quantitative estimate of drug-likeness (QED) is 0.710. The molecule has 0 aliphatic heterocycles. The first-order chi connectivity index (χ1) is 7.65. The highest BCUT2D eigenvalue weighted by molar-refractivity contribution is 5.83. The summed E-state index contributed by atoms with van der Waals surface area (Å²) in [6.07, 6.45) is 1.50. The maximum Gasteiger partial charge on any atom is 0.162 e. The van der Waals surface area contributed by atoms with E-state index in [0.717, 1.165) is 11.1 Å². The van der Waals surface area contributed by atoms with Crippen LogP contribution in [0.5, 0.6) is 0 Å². The number of rotatable bonds is 5. The van der Waals surface area contributed by atoms with Crippen molar-refractivity contribution in [2.45, 2.75) is 33.5 Å². The summed E-state index contributed by atoms with van der Waals surface area (Å²) in [6, 6.07) is 9.86. The molecule has 0 aliphatic rings. The Hall–Kier alpha value is -1.41. The molecule has 1 unspecified atom stereocenters. The molecule has 0 aromatic heterocycles. The van der Waals surface area contributed by atoms with Crippen LogP contribution in [0.15, 0.2) is 42.0 Å². The second-order valence-electron chi connectivity index (χ2n) is 3.82. The molecule has 2 heteroatoms. The molecule has 0 bridgehead atoms. The molecule has 1 aromatic carbocycles. The fourth-order valence-corrected chi connectivity index (χ4v) is 1.47. The Morgan fingerprint density at radius 1 is 1.31 bits per heavy atom. The number of carbonyl (C=O) groups excluding carboxylic acids is 1. The van der Waals surface area contributed by atoms with Crippen LogP contribution in [0.4, 0.5) is 0 Å². The first kappa shape index (κ1) is 12.7. The van der Waals surface area contributed by atoms with Crippen LogP contribution >= 0.6 is 0 Å². The summed E-state index contributed by atoms with van der Waals surface area (Å²) in [5.41, 5.74) is 2.04. The van der Waals surface area contributed by atoms with E-state index in [1.165, 1.54) is 0 Å². The van der Waals surface area contributed by atoms with Crippen molar-refractivity contribution in [3.63, 3.8) is 0 Å². The summed E-state index contributed by atoms with van der Waals surface area (Å²) >= 11 is 0. The normalized spacial score (nSPS) is 13.6. The number of carbonyl (C=O) groups is 1. The van der Waals surface area contributed by atoms with Crippen LogP contribution in [0.25, 0.3) is 0 Å². The molecular formula is C14H18O2. The van der Waals surface area contributed by atoms with Gasteiger partial charge in [0.25, 0.3) is 0 Å². The molecule has 1 rings (SSSR count). The van der Waals surface area contributed by atoms with Gasteiger partial charge in [-0.1, -0.05) is 36.4 Å². The highest BCUT2D eigenvalue weighted by Gasteiger charge is 2.15. The molecule has 86 valence electrons. The number of Topliss-reactive ketones (excluding diaryl/α,β-unsaturated/α-hetero) is 1. The molecule has 0 spiro atoms. The standard InChI is InChI=1S/C14H18O2/c1-4-11(2)14(12(3)15)16-10-13-8-6-5-7-9-13/h4-9,14H,10H2,1-3H3. The van der Waals surface area contributed by atoms with Crippen molar-refractivity contribution in [3.05, 3.63) is 47.5 Å². The van der Waals surface area contributed by atoms with Gasteiger partial charge in [0.15, 0.2) is 5.78 Å². The van der Waals surface area contributed by atoms with Crippen LogP contribution in [0.2, 0.25) is 0 Å². The number of benzene rings is 1. The van der Waals surface area contributed by atoms with E-state index in [0.29, 0.717) is 6.61 Å². The van der Waals surface area contributed by atoms with E-state index < -0.39 is 6.10 Å². The predicted octanol–water partition coefficient (Wildman–Crippen LogP) is 3.13. The van der Waals surface area contributed by atoms with E-state index in [-0.39, 0.29) is 5.78 Å². The van der Waals surface area contributed by atoms with Crippen molar-refractivity contribution in [1.29, 1.82) is 0 Å². The van der Waals surface area contributed by atoms with Crippen LogP contribution in [-0.2, 0) is 16.1 Å². The van der Waals surface area contributed by atoms with Gasteiger partial charge in [0.1, 0.15) is 6.10 Å². The monoisotopic (exact) mass is 218 g/mol. The third-order valence-electron chi connectivity index (χ3n) is 2.50. The average Bonchev–Trinajstić information content (AvgIpc) is 2.30. The average molecular weight is 218 g/mol. The lowest BCUT2D eigenvalue weighted by Crippen LogP contribution is -2.22. The maximum absolute atomic E-state index is 11.4. The van der Waals surface area contributed by atoms with E-state index >= 15 is 0 Å². The van der Waals surface area contributed by atoms with Crippen molar-refractivity contribution in [1.82, 2.24) is 0 Å². The summed E-state index contributed by atoms with van der Waals surface area (Å²) in [4.78, 5) is 11.4. The van der Waals surface area contributed by atoms with Crippen molar-refractivity contribution in [2.75, 3.05) is 0 Å². The highest BCUT2D eigenvalue weighted by atomic mass is 16.5. The molecule has 0 saturated carbocycles. The lowest BCUT2D eigenvalue weighted by atomic mass is 10.1. The molecule has 2 nitrogen and oxygen atoms in total. The molecule has 0 saturated heterocycles. The Bertz CT molecular complexity index is 366. The van der Waals surface area contributed by atoms with Crippen molar-refractivity contribution >= 4 is 5.78 Å². The van der Waals surface area contributed by atoms with Gasteiger partial charge in [-0.3, -0.25) is 4.79 Å². The first-order valence-electron chi connectivity index (χ1n) is 5.44. The van der Waals surface area contributed by atoms with Crippen molar-refractivity contribution in [2.24, 2.45) is 0 Å². The van der Waals surface area contributed by atoms with Crippen LogP contribution in [0.1, 0.15) is 26.3 Å². The van der Waals surface area contributed by atoms with Crippen LogP contribution < -0.4 is 0 Å². The lowest BCUT2D eigenvalue weighted by molar-refractivity contribution is -0.126. The van der Waals surface area contributed by atoms with Crippen molar-refractivity contribution in [3.8, 4) is 0 Å². The zero-order valence-corrected chi connectivity index (χ0v) is 10.1. The van der Waals surface area contributed by atoms with Gasteiger partial charge in [-0.15, -0.1) is 0 Å². The number of allylic oxidation sites excluding steroid dienone is 1. The number of hydrogen-bond acceptors (Lipinski definition) is 2. The molecule has 0 fully saturated rings. The molecule has 0 radical (unpaired) electrons. The molecule has 1 atom stereocenters. The number of ether oxygens (including phenoxy) is 1. The lowest BCUT2D eigenvalue weighted by Gasteiger charge is -2.15. The molecule has 0 amide bonds. The SMILES string of the molecule is CC=C(C)C(OCc1ccccc1)C(C)=O. The fraction of sp³-hybridized carbons (Fsp3) is 0.357. The highest BCUT2D eigenvalue weighted by Crippen LogP contribution is 2.11. The van der Waals surface area contributed by atoms with E-state index in [4.69, 9.17) is 4.74 Å². The Labute approximate surface area is 96.9 Å². The minimum atomic E-state index is -0.412. The van der Waals surface area contributed by atoms with E-state index in [9.17, 15) is 4.79 Å².